The van der Waals surface area contributed by atoms with Gasteiger partial charge in [-0.1, -0.05) is 93.6 Å². The molecule has 1 saturated heterocycles. The predicted octanol–water partition coefficient (Wildman–Crippen LogP) is 5.25. The molecule has 4 nitrogen and oxygen atoms in total. The van der Waals surface area contributed by atoms with E-state index >= 15 is 0 Å². The molecule has 1 aliphatic rings. The van der Waals surface area contributed by atoms with Crippen molar-refractivity contribution in [1.82, 2.24) is 10.6 Å². The smallest absolute Gasteiger partial charge is 0.123 e. The molecule has 0 saturated carbocycles. The lowest BCUT2D eigenvalue weighted by Gasteiger charge is -2.32. The van der Waals surface area contributed by atoms with E-state index < -0.39 is 0 Å². The average molecular weight is 473 g/mol. The summed E-state index contributed by atoms with van der Waals surface area (Å²) in [5.74, 6) is 1.47. The first-order valence-electron chi connectivity index (χ1n) is 12.8. The maximum Gasteiger partial charge on any atom is 0.123 e. The van der Waals surface area contributed by atoms with Crippen LogP contribution in [0.2, 0.25) is 0 Å². The number of nitrogens with one attached hydrogen (secondary N) is 2. The first kappa shape index (κ1) is 25.4. The maximum atomic E-state index is 9.82. The molecular weight excluding hydrogens is 432 g/mol. The van der Waals surface area contributed by atoms with E-state index in [1.54, 1.807) is 7.11 Å². The van der Waals surface area contributed by atoms with Crippen molar-refractivity contribution in [2.45, 2.75) is 57.2 Å². The molecule has 3 aromatic carbocycles. The van der Waals surface area contributed by atoms with E-state index in [0.29, 0.717) is 12.5 Å². The third kappa shape index (κ3) is 5.95. The molecule has 4 rings (SSSR count). The monoisotopic (exact) mass is 472 g/mol. The fourth-order valence-electron chi connectivity index (χ4n) is 5.44. The first-order valence-corrected chi connectivity index (χ1v) is 12.8. The summed E-state index contributed by atoms with van der Waals surface area (Å²) in [4.78, 5) is 0. The Labute approximate surface area is 210 Å². The highest BCUT2D eigenvalue weighted by Crippen LogP contribution is 2.35. The zero-order valence-corrected chi connectivity index (χ0v) is 21.5. The van der Waals surface area contributed by atoms with E-state index in [-0.39, 0.29) is 30.0 Å². The van der Waals surface area contributed by atoms with Crippen molar-refractivity contribution < 1.29 is 9.84 Å². The van der Waals surface area contributed by atoms with Gasteiger partial charge in [0.15, 0.2) is 0 Å². The third-order valence-electron chi connectivity index (χ3n) is 7.36. The van der Waals surface area contributed by atoms with Gasteiger partial charge in [0.1, 0.15) is 5.75 Å². The molecule has 4 heteroatoms. The van der Waals surface area contributed by atoms with Gasteiger partial charge in [-0.3, -0.25) is 0 Å². The fraction of sp³-hybridized carbons (Fsp3) is 0.419. The Kier molecular flexibility index (Phi) is 8.27. The summed E-state index contributed by atoms with van der Waals surface area (Å²) >= 11 is 0. The fourth-order valence-corrected chi connectivity index (χ4v) is 5.44. The average Bonchev–Trinajstić information content (AvgIpc) is 3.25. The van der Waals surface area contributed by atoms with Crippen molar-refractivity contribution in [2.24, 2.45) is 5.92 Å². The summed E-state index contributed by atoms with van der Waals surface area (Å²) in [5.41, 5.74) is 5.16. The molecule has 0 aliphatic carbocycles. The Morgan fingerprint density at radius 1 is 0.971 bits per heavy atom. The van der Waals surface area contributed by atoms with Gasteiger partial charge >= 0.3 is 0 Å². The summed E-state index contributed by atoms with van der Waals surface area (Å²) in [5, 5.41) is 17.6. The van der Waals surface area contributed by atoms with Gasteiger partial charge < -0.3 is 20.5 Å². The van der Waals surface area contributed by atoms with Gasteiger partial charge in [-0.05, 0) is 47.1 Å². The normalized spacial score (nSPS) is 20.3. The van der Waals surface area contributed by atoms with Crippen LogP contribution in [0.4, 0.5) is 0 Å². The zero-order chi connectivity index (χ0) is 24.8. The van der Waals surface area contributed by atoms with Crippen molar-refractivity contribution in [3.63, 3.8) is 0 Å². The van der Waals surface area contributed by atoms with Gasteiger partial charge in [-0.15, -0.1) is 0 Å². The summed E-state index contributed by atoms with van der Waals surface area (Å²) in [6, 6.07) is 28.5. The molecule has 0 radical (unpaired) electrons. The number of aliphatic hydroxyl groups is 1. The summed E-state index contributed by atoms with van der Waals surface area (Å²) in [7, 11) is 1.74. The molecule has 0 unspecified atom stereocenters. The van der Waals surface area contributed by atoms with Crippen LogP contribution in [0.3, 0.4) is 0 Å². The second-order valence-electron chi connectivity index (χ2n) is 10.7. The second-order valence-corrected chi connectivity index (χ2v) is 10.7. The number of benzene rings is 3. The van der Waals surface area contributed by atoms with Crippen LogP contribution in [0.1, 0.15) is 55.4 Å². The highest BCUT2D eigenvalue weighted by atomic mass is 16.5. The molecule has 0 amide bonds. The van der Waals surface area contributed by atoms with Crippen molar-refractivity contribution in [2.75, 3.05) is 20.3 Å². The minimum absolute atomic E-state index is 0.0730. The maximum absolute atomic E-state index is 9.82. The molecular formula is C31H40N2O2. The zero-order valence-electron chi connectivity index (χ0n) is 21.5. The lowest BCUT2D eigenvalue weighted by atomic mass is 9.80. The molecule has 35 heavy (non-hydrogen) atoms. The van der Waals surface area contributed by atoms with Gasteiger partial charge in [0.25, 0.3) is 0 Å². The summed E-state index contributed by atoms with van der Waals surface area (Å²) < 4.78 is 5.72. The van der Waals surface area contributed by atoms with Crippen molar-refractivity contribution >= 4 is 0 Å². The topological polar surface area (TPSA) is 53.5 Å². The van der Waals surface area contributed by atoms with Crippen LogP contribution in [0.5, 0.6) is 5.75 Å². The molecule has 186 valence electrons. The standard InChI is InChI=1S/C31H40N2O2/c1-31(2,3)26-15-16-27(35-4)25(19-26)21-32-29-24(17-18-34)20-33-30(29)28(22-11-7-5-8-12-22)23-13-9-6-10-14-23/h5-16,19,24,28-30,32-34H,17-18,20-21H2,1-4H3/t24-,29+,30+/m1/s1. The molecule has 0 spiro atoms. The molecule has 3 atom stereocenters. The number of aliphatic hydroxyl groups excluding tert-OH is 1. The lowest BCUT2D eigenvalue weighted by molar-refractivity contribution is 0.241. The predicted molar refractivity (Wildman–Crippen MR) is 144 cm³/mol. The van der Waals surface area contributed by atoms with Crippen molar-refractivity contribution in [1.29, 1.82) is 0 Å². The molecule has 3 aromatic rings. The van der Waals surface area contributed by atoms with Crippen LogP contribution >= 0.6 is 0 Å². The van der Waals surface area contributed by atoms with E-state index in [0.717, 1.165) is 18.7 Å². The minimum Gasteiger partial charge on any atom is -0.496 e. The molecule has 3 N–H and O–H groups in total. The Morgan fingerprint density at radius 3 is 2.14 bits per heavy atom. The number of rotatable bonds is 9. The molecule has 1 aliphatic heterocycles. The van der Waals surface area contributed by atoms with Crippen LogP contribution < -0.4 is 15.4 Å². The van der Waals surface area contributed by atoms with E-state index in [9.17, 15) is 5.11 Å². The van der Waals surface area contributed by atoms with Gasteiger partial charge in [-0.2, -0.15) is 0 Å². The SMILES string of the molecule is COc1ccc(C(C)(C)C)cc1CN[C@H]1[C@H](CCO)CN[C@H]1C(c1ccccc1)c1ccccc1. The summed E-state index contributed by atoms with van der Waals surface area (Å²) in [6.45, 7) is 8.52. The summed E-state index contributed by atoms with van der Waals surface area (Å²) in [6.07, 6.45) is 0.774. The molecule has 0 bridgehead atoms. The first-order chi connectivity index (χ1) is 16.9. The van der Waals surface area contributed by atoms with E-state index in [1.165, 1.54) is 22.3 Å². The Bertz CT molecular complexity index is 1020. The number of hydrogen-bond donors (Lipinski definition) is 3. The van der Waals surface area contributed by atoms with E-state index in [2.05, 4.69) is 110 Å². The minimum atomic E-state index is 0.0730. The molecule has 1 fully saturated rings. The van der Waals surface area contributed by atoms with Gasteiger partial charge in [0, 0.05) is 36.7 Å². The second kappa shape index (κ2) is 11.4. The van der Waals surface area contributed by atoms with Crippen molar-refractivity contribution in [3.05, 3.63) is 101 Å². The van der Waals surface area contributed by atoms with Crippen LogP contribution in [0, 0.1) is 5.92 Å². The van der Waals surface area contributed by atoms with Gasteiger partial charge in [-0.25, -0.2) is 0 Å². The molecule has 1 heterocycles. The highest BCUT2D eigenvalue weighted by molar-refractivity contribution is 5.40. The van der Waals surface area contributed by atoms with Gasteiger partial charge in [0.05, 0.1) is 7.11 Å². The van der Waals surface area contributed by atoms with E-state index in [1.807, 2.05) is 0 Å². The highest BCUT2D eigenvalue weighted by Gasteiger charge is 2.40. The van der Waals surface area contributed by atoms with Crippen LogP contribution in [0.15, 0.2) is 78.9 Å². The Morgan fingerprint density at radius 2 is 1.60 bits per heavy atom. The number of ether oxygens (including phenoxy) is 1. The Hall–Kier alpha value is -2.66. The van der Waals surface area contributed by atoms with Crippen LogP contribution in [-0.2, 0) is 12.0 Å². The lowest BCUT2D eigenvalue weighted by Crippen LogP contribution is -2.46. The van der Waals surface area contributed by atoms with Crippen molar-refractivity contribution in [3.8, 4) is 5.75 Å². The largest absolute Gasteiger partial charge is 0.496 e. The number of methoxy groups -OCH3 is 1. The van der Waals surface area contributed by atoms with Crippen LogP contribution in [0.25, 0.3) is 0 Å². The number of hydrogen-bond acceptors (Lipinski definition) is 4. The van der Waals surface area contributed by atoms with Gasteiger partial charge in [0.2, 0.25) is 0 Å². The van der Waals surface area contributed by atoms with Crippen LogP contribution in [-0.4, -0.2) is 37.5 Å². The quantitative estimate of drug-likeness (QED) is 0.398. The Balaban J connectivity index is 1.66. The molecule has 0 aromatic heterocycles. The van der Waals surface area contributed by atoms with E-state index in [4.69, 9.17) is 4.74 Å². The third-order valence-corrected chi connectivity index (χ3v) is 7.36.